The van der Waals surface area contributed by atoms with E-state index in [2.05, 4.69) is 0 Å². The van der Waals surface area contributed by atoms with Crippen molar-refractivity contribution < 1.29 is 14.6 Å². The molecule has 0 radical (unpaired) electrons. The van der Waals surface area contributed by atoms with Gasteiger partial charge in [0.25, 0.3) is 0 Å². The van der Waals surface area contributed by atoms with Crippen LogP contribution in [-0.2, 0) is 16.1 Å². The average Bonchev–Trinajstić information content (AvgIpc) is 2.78. The number of aliphatic hydroxyl groups excluding tert-OH is 1. The van der Waals surface area contributed by atoms with Crippen LogP contribution in [0.25, 0.3) is 0 Å². The number of rotatable bonds is 5. The highest BCUT2D eigenvalue weighted by atomic mass is 16.5. The molecule has 0 spiro atoms. The summed E-state index contributed by atoms with van der Waals surface area (Å²) in [7, 11) is 0. The van der Waals surface area contributed by atoms with E-state index in [-0.39, 0.29) is 18.8 Å². The Morgan fingerprint density at radius 3 is 2.62 bits per heavy atom. The fourth-order valence-corrected chi connectivity index (χ4v) is 1.92. The average molecular weight is 222 g/mol. The number of ether oxygens (including phenoxy) is 2. The van der Waals surface area contributed by atoms with Crippen LogP contribution >= 0.6 is 0 Å². The molecule has 3 heteroatoms. The van der Waals surface area contributed by atoms with E-state index in [1.807, 2.05) is 30.3 Å². The van der Waals surface area contributed by atoms with Crippen molar-refractivity contribution in [3.63, 3.8) is 0 Å². The van der Waals surface area contributed by atoms with Gasteiger partial charge < -0.3 is 14.6 Å². The molecular weight excluding hydrogens is 204 g/mol. The zero-order chi connectivity index (χ0) is 11.2. The zero-order valence-corrected chi connectivity index (χ0v) is 9.34. The maximum Gasteiger partial charge on any atom is 0.0814 e. The monoisotopic (exact) mass is 222 g/mol. The first-order chi connectivity index (χ1) is 7.88. The maximum atomic E-state index is 8.92. The second-order valence-corrected chi connectivity index (χ2v) is 4.14. The number of benzene rings is 1. The molecule has 3 nitrogen and oxygen atoms in total. The summed E-state index contributed by atoms with van der Waals surface area (Å²) >= 11 is 0. The van der Waals surface area contributed by atoms with Gasteiger partial charge in [-0.05, 0) is 18.4 Å². The number of hydrogen-bond acceptors (Lipinski definition) is 3. The lowest BCUT2D eigenvalue weighted by atomic mass is 10.2. The molecular formula is C13H18O3. The maximum absolute atomic E-state index is 8.92. The largest absolute Gasteiger partial charge is 0.394 e. The zero-order valence-electron chi connectivity index (χ0n) is 9.34. The Kier molecular flexibility index (Phi) is 4.34. The molecule has 0 unspecified atom stereocenters. The van der Waals surface area contributed by atoms with Crippen molar-refractivity contribution >= 4 is 0 Å². The van der Waals surface area contributed by atoms with Gasteiger partial charge in [0.15, 0.2) is 0 Å². The van der Waals surface area contributed by atoms with E-state index in [4.69, 9.17) is 14.6 Å². The molecule has 1 saturated heterocycles. The van der Waals surface area contributed by atoms with Gasteiger partial charge in [-0.25, -0.2) is 0 Å². The molecule has 88 valence electrons. The second-order valence-electron chi connectivity index (χ2n) is 4.14. The molecule has 1 aromatic rings. The van der Waals surface area contributed by atoms with Crippen molar-refractivity contribution in [3.8, 4) is 0 Å². The third-order valence-electron chi connectivity index (χ3n) is 2.81. The summed E-state index contributed by atoms with van der Waals surface area (Å²) in [5, 5.41) is 8.92. The van der Waals surface area contributed by atoms with Crippen molar-refractivity contribution in [1.82, 2.24) is 0 Å². The van der Waals surface area contributed by atoms with E-state index >= 15 is 0 Å². The molecule has 1 N–H and O–H groups in total. The van der Waals surface area contributed by atoms with E-state index in [0.29, 0.717) is 13.2 Å². The van der Waals surface area contributed by atoms with Gasteiger partial charge in [-0.1, -0.05) is 30.3 Å². The highest BCUT2D eigenvalue weighted by Gasteiger charge is 2.24. The third kappa shape index (κ3) is 3.30. The van der Waals surface area contributed by atoms with Crippen molar-refractivity contribution in [3.05, 3.63) is 35.9 Å². The fourth-order valence-electron chi connectivity index (χ4n) is 1.92. The summed E-state index contributed by atoms with van der Waals surface area (Å²) < 4.78 is 11.2. The molecule has 2 atom stereocenters. The van der Waals surface area contributed by atoms with Gasteiger partial charge in [-0.15, -0.1) is 0 Å². The molecule has 0 saturated carbocycles. The number of hydrogen-bond donors (Lipinski definition) is 1. The van der Waals surface area contributed by atoms with Gasteiger partial charge in [0.2, 0.25) is 0 Å². The minimum absolute atomic E-state index is 0.0188. The van der Waals surface area contributed by atoms with Gasteiger partial charge in [0, 0.05) is 0 Å². The lowest BCUT2D eigenvalue weighted by Crippen LogP contribution is -2.18. The summed E-state index contributed by atoms with van der Waals surface area (Å²) in [5.74, 6) is 0. The topological polar surface area (TPSA) is 38.7 Å². The predicted octanol–water partition coefficient (Wildman–Crippen LogP) is 1.74. The highest BCUT2D eigenvalue weighted by molar-refractivity contribution is 5.13. The smallest absolute Gasteiger partial charge is 0.0814 e. The van der Waals surface area contributed by atoms with Crippen LogP contribution in [0.2, 0.25) is 0 Å². The minimum Gasteiger partial charge on any atom is -0.394 e. The fraction of sp³-hybridized carbons (Fsp3) is 0.538. The molecule has 16 heavy (non-hydrogen) atoms. The van der Waals surface area contributed by atoms with Crippen LogP contribution in [0.1, 0.15) is 18.4 Å². The first-order valence-corrected chi connectivity index (χ1v) is 5.76. The standard InChI is InChI=1S/C13H18O3/c14-8-12-6-7-13(16-12)10-15-9-11-4-2-1-3-5-11/h1-5,12-14H,6-10H2/t12-,13-/m1/s1. The second kappa shape index (κ2) is 5.99. The molecule has 1 fully saturated rings. The van der Waals surface area contributed by atoms with Crippen molar-refractivity contribution in [2.75, 3.05) is 13.2 Å². The molecule has 0 aromatic heterocycles. The lowest BCUT2D eigenvalue weighted by molar-refractivity contribution is -0.0350. The number of aliphatic hydroxyl groups is 1. The molecule has 1 heterocycles. The Labute approximate surface area is 96.0 Å². The normalized spacial score (nSPS) is 24.8. The SMILES string of the molecule is OC[C@H]1CC[C@H](COCc2ccccc2)O1. The summed E-state index contributed by atoms with van der Waals surface area (Å²) in [6.07, 6.45) is 2.10. The summed E-state index contributed by atoms with van der Waals surface area (Å²) in [6, 6.07) is 10.1. The van der Waals surface area contributed by atoms with Crippen LogP contribution in [0.4, 0.5) is 0 Å². The van der Waals surface area contributed by atoms with Crippen molar-refractivity contribution in [2.45, 2.75) is 31.7 Å². The first-order valence-electron chi connectivity index (χ1n) is 5.76. The van der Waals surface area contributed by atoms with E-state index in [9.17, 15) is 0 Å². The van der Waals surface area contributed by atoms with E-state index in [1.54, 1.807) is 0 Å². The molecule has 0 amide bonds. The molecule has 1 aliphatic heterocycles. The van der Waals surface area contributed by atoms with E-state index in [0.717, 1.165) is 12.8 Å². The first kappa shape index (κ1) is 11.6. The Balaban J connectivity index is 1.65. The van der Waals surface area contributed by atoms with Crippen LogP contribution in [0.3, 0.4) is 0 Å². The molecule has 0 bridgehead atoms. The molecule has 1 aromatic carbocycles. The van der Waals surface area contributed by atoms with Crippen LogP contribution in [0.15, 0.2) is 30.3 Å². The van der Waals surface area contributed by atoms with E-state index in [1.165, 1.54) is 5.56 Å². The van der Waals surface area contributed by atoms with Gasteiger partial charge in [0.1, 0.15) is 0 Å². The molecule has 1 aliphatic rings. The van der Waals surface area contributed by atoms with Crippen LogP contribution in [0, 0.1) is 0 Å². The molecule has 0 aliphatic carbocycles. The van der Waals surface area contributed by atoms with Gasteiger partial charge in [0.05, 0.1) is 32.0 Å². The van der Waals surface area contributed by atoms with Gasteiger partial charge >= 0.3 is 0 Å². The Bertz CT molecular complexity index is 299. The van der Waals surface area contributed by atoms with Gasteiger partial charge in [-0.2, -0.15) is 0 Å². The minimum atomic E-state index is 0.0188. The van der Waals surface area contributed by atoms with Crippen molar-refractivity contribution in [2.24, 2.45) is 0 Å². The Morgan fingerprint density at radius 1 is 1.19 bits per heavy atom. The van der Waals surface area contributed by atoms with Gasteiger partial charge in [-0.3, -0.25) is 0 Å². The van der Waals surface area contributed by atoms with E-state index < -0.39 is 0 Å². The Morgan fingerprint density at radius 2 is 1.94 bits per heavy atom. The quantitative estimate of drug-likeness (QED) is 0.824. The predicted molar refractivity (Wildman–Crippen MR) is 61.1 cm³/mol. The lowest BCUT2D eigenvalue weighted by Gasteiger charge is -2.12. The van der Waals surface area contributed by atoms with Crippen molar-refractivity contribution in [1.29, 1.82) is 0 Å². The third-order valence-corrected chi connectivity index (χ3v) is 2.81. The summed E-state index contributed by atoms with van der Waals surface area (Å²) in [4.78, 5) is 0. The van der Waals surface area contributed by atoms with Crippen LogP contribution in [0.5, 0.6) is 0 Å². The Hall–Kier alpha value is -0.900. The highest BCUT2D eigenvalue weighted by Crippen LogP contribution is 2.19. The van der Waals surface area contributed by atoms with Crippen LogP contribution < -0.4 is 0 Å². The molecule has 2 rings (SSSR count). The summed E-state index contributed by atoms with van der Waals surface area (Å²) in [5.41, 5.74) is 1.18. The summed E-state index contributed by atoms with van der Waals surface area (Å²) in [6.45, 7) is 1.37. The van der Waals surface area contributed by atoms with Crippen LogP contribution in [-0.4, -0.2) is 30.5 Å².